The Morgan fingerprint density at radius 3 is 2.53 bits per heavy atom. The molecule has 1 atom stereocenters. The Balaban J connectivity index is 0.000000406. The van der Waals surface area contributed by atoms with Crippen LogP contribution in [0.3, 0.4) is 0 Å². The molecule has 9 nitrogen and oxygen atoms in total. The molecule has 184 valence electrons. The van der Waals surface area contributed by atoms with Crippen LogP contribution in [0, 0.1) is 6.92 Å². The van der Waals surface area contributed by atoms with Gasteiger partial charge in [-0.2, -0.15) is 18.3 Å². The average Bonchev–Trinajstić information content (AvgIpc) is 3.07. The summed E-state index contributed by atoms with van der Waals surface area (Å²) < 4.78 is 40.0. The van der Waals surface area contributed by atoms with E-state index in [2.05, 4.69) is 36.3 Å². The molecule has 1 aliphatic heterocycles. The van der Waals surface area contributed by atoms with Crippen molar-refractivity contribution in [3.8, 4) is 5.75 Å². The van der Waals surface area contributed by atoms with Crippen LogP contribution >= 0.6 is 27.5 Å². The van der Waals surface area contributed by atoms with E-state index in [1.165, 1.54) is 6.33 Å². The summed E-state index contributed by atoms with van der Waals surface area (Å²) in [5.41, 5.74) is 9.86. The van der Waals surface area contributed by atoms with Gasteiger partial charge in [-0.15, -0.1) is 0 Å². The third-order valence-electron chi connectivity index (χ3n) is 5.48. The number of hydrogen-bond acceptors (Lipinski definition) is 7. The van der Waals surface area contributed by atoms with Gasteiger partial charge < -0.3 is 20.9 Å². The molecule has 34 heavy (non-hydrogen) atoms. The van der Waals surface area contributed by atoms with Gasteiger partial charge in [-0.1, -0.05) is 11.6 Å². The highest BCUT2D eigenvalue weighted by atomic mass is 79.9. The highest BCUT2D eigenvalue weighted by Gasteiger charge is 2.38. The van der Waals surface area contributed by atoms with E-state index in [0.717, 1.165) is 40.6 Å². The first-order valence-corrected chi connectivity index (χ1v) is 11.1. The molecule has 14 heteroatoms. The number of ether oxygens (including phenoxy) is 1. The minimum Gasteiger partial charge on any atom is -0.496 e. The molecule has 1 aliphatic rings. The fraction of sp³-hybridized carbons (Fsp3) is 0.400. The standard InChI is InChI=1S/C18H20BrClN6O.C2HF3O2/c1-8-12(20)4-11(15(27-3)13(8)10-5-22-6-10)9(2)26-18-14(16(19)25-26)17(21)23-7-24-18;3-2(4,5)1(6)7/h4,7,9-10,22H,5-6H2,1-3H3,(H2,21,23,24);(H,6,7). The van der Waals surface area contributed by atoms with Crippen LogP contribution < -0.4 is 15.8 Å². The molecule has 2 aromatic heterocycles. The van der Waals surface area contributed by atoms with E-state index >= 15 is 0 Å². The Hall–Kier alpha value is -2.64. The maximum absolute atomic E-state index is 10.6. The van der Waals surface area contributed by atoms with Crippen LogP contribution in [0.1, 0.15) is 35.6 Å². The van der Waals surface area contributed by atoms with Crippen molar-refractivity contribution >= 4 is 50.4 Å². The predicted molar refractivity (Wildman–Crippen MR) is 123 cm³/mol. The zero-order chi connectivity index (χ0) is 25.4. The Kier molecular flexibility index (Phi) is 7.58. The molecule has 0 spiro atoms. The van der Waals surface area contributed by atoms with Crippen LogP contribution in [0.4, 0.5) is 19.0 Å². The zero-order valence-corrected chi connectivity index (χ0v) is 20.6. The smallest absolute Gasteiger partial charge is 0.490 e. The van der Waals surface area contributed by atoms with Gasteiger partial charge in [0.25, 0.3) is 0 Å². The Bertz CT molecular complexity index is 1230. The quantitative estimate of drug-likeness (QED) is 0.432. The number of carbonyl (C=O) groups is 1. The monoisotopic (exact) mass is 564 g/mol. The van der Waals surface area contributed by atoms with Crippen molar-refractivity contribution in [2.24, 2.45) is 0 Å². The normalized spacial score (nSPS) is 14.8. The Morgan fingerprint density at radius 1 is 1.41 bits per heavy atom. The minimum absolute atomic E-state index is 0.159. The van der Waals surface area contributed by atoms with Gasteiger partial charge >= 0.3 is 12.1 Å². The highest BCUT2D eigenvalue weighted by molar-refractivity contribution is 9.10. The fourth-order valence-electron chi connectivity index (χ4n) is 3.64. The number of aliphatic carboxylic acids is 1. The maximum Gasteiger partial charge on any atom is 0.490 e. The summed E-state index contributed by atoms with van der Waals surface area (Å²) in [5, 5.41) is 16.5. The molecule has 1 fully saturated rings. The van der Waals surface area contributed by atoms with Gasteiger partial charge in [-0.3, -0.25) is 0 Å². The number of carboxylic acids is 1. The van der Waals surface area contributed by atoms with E-state index in [9.17, 15) is 13.2 Å². The van der Waals surface area contributed by atoms with E-state index in [1.807, 2.05) is 24.6 Å². The number of nitrogens with zero attached hydrogens (tertiary/aromatic N) is 4. The highest BCUT2D eigenvalue weighted by Crippen LogP contribution is 2.42. The molecular formula is C20H21BrClF3N6O3. The summed E-state index contributed by atoms with van der Waals surface area (Å²) in [6, 6.07) is 1.80. The summed E-state index contributed by atoms with van der Waals surface area (Å²) in [7, 11) is 1.70. The summed E-state index contributed by atoms with van der Waals surface area (Å²) in [5.74, 6) is -1.12. The molecule has 3 heterocycles. The van der Waals surface area contributed by atoms with Gasteiger partial charge in [0.15, 0.2) is 5.65 Å². The second-order valence-corrected chi connectivity index (χ2v) is 8.70. The van der Waals surface area contributed by atoms with Crippen molar-refractivity contribution in [3.63, 3.8) is 0 Å². The first-order valence-electron chi connectivity index (χ1n) is 9.90. The number of rotatable bonds is 4. The van der Waals surface area contributed by atoms with Gasteiger partial charge in [-0.25, -0.2) is 19.4 Å². The van der Waals surface area contributed by atoms with Crippen molar-refractivity contribution in [1.82, 2.24) is 25.1 Å². The van der Waals surface area contributed by atoms with Gasteiger partial charge in [0.05, 0.1) is 18.5 Å². The zero-order valence-electron chi connectivity index (χ0n) is 18.2. The van der Waals surface area contributed by atoms with Crippen molar-refractivity contribution in [2.45, 2.75) is 32.0 Å². The number of halogens is 5. The van der Waals surface area contributed by atoms with Gasteiger partial charge in [0.2, 0.25) is 0 Å². The number of fused-ring (bicyclic) bond motifs is 1. The fourth-order valence-corrected chi connectivity index (χ4v) is 4.41. The van der Waals surface area contributed by atoms with Gasteiger partial charge in [0.1, 0.15) is 22.5 Å². The molecule has 1 unspecified atom stereocenters. The predicted octanol–water partition coefficient (Wildman–Crippen LogP) is 4.07. The number of alkyl halides is 3. The second kappa shape index (κ2) is 9.92. The van der Waals surface area contributed by atoms with Crippen molar-refractivity contribution in [2.75, 3.05) is 25.9 Å². The number of carboxylic acid groups (broad SMARTS) is 1. The van der Waals surface area contributed by atoms with E-state index < -0.39 is 12.1 Å². The molecule has 0 saturated carbocycles. The molecule has 1 saturated heterocycles. The van der Waals surface area contributed by atoms with E-state index in [-0.39, 0.29) is 6.04 Å². The lowest BCUT2D eigenvalue weighted by atomic mass is 9.86. The van der Waals surface area contributed by atoms with E-state index in [4.69, 9.17) is 32.0 Å². The number of nitrogen functional groups attached to an aromatic ring is 1. The molecule has 0 amide bonds. The Labute approximate surface area is 205 Å². The van der Waals surface area contributed by atoms with Crippen LogP contribution in [0.25, 0.3) is 11.0 Å². The summed E-state index contributed by atoms with van der Waals surface area (Å²) >= 11 is 10.1. The van der Waals surface area contributed by atoms with Gasteiger partial charge in [0, 0.05) is 35.2 Å². The minimum atomic E-state index is -5.08. The molecule has 4 N–H and O–H groups in total. The molecular weight excluding hydrogens is 545 g/mol. The van der Waals surface area contributed by atoms with Crippen LogP contribution in [-0.2, 0) is 4.79 Å². The third kappa shape index (κ3) is 4.91. The number of nitrogens with two attached hydrogens (primary N) is 1. The van der Waals surface area contributed by atoms with E-state index in [0.29, 0.717) is 27.4 Å². The number of methoxy groups -OCH3 is 1. The first-order chi connectivity index (χ1) is 15.9. The second-order valence-electron chi connectivity index (χ2n) is 7.55. The number of hydrogen-bond donors (Lipinski definition) is 3. The number of nitrogens with one attached hydrogen (secondary N) is 1. The number of aromatic nitrogens is 4. The van der Waals surface area contributed by atoms with Crippen molar-refractivity contribution < 1.29 is 27.8 Å². The van der Waals surface area contributed by atoms with Crippen LogP contribution in [0.15, 0.2) is 17.0 Å². The molecule has 3 aromatic rings. The maximum atomic E-state index is 10.6. The molecule has 4 rings (SSSR count). The summed E-state index contributed by atoms with van der Waals surface area (Å²) in [4.78, 5) is 17.3. The van der Waals surface area contributed by atoms with E-state index in [1.54, 1.807) is 7.11 Å². The lowest BCUT2D eigenvalue weighted by Crippen LogP contribution is -2.40. The summed E-state index contributed by atoms with van der Waals surface area (Å²) in [6.07, 6.45) is -3.64. The van der Waals surface area contributed by atoms with Crippen LogP contribution in [0.2, 0.25) is 5.02 Å². The number of benzene rings is 1. The first kappa shape index (κ1) is 26.0. The Morgan fingerprint density at radius 2 is 2.03 bits per heavy atom. The summed E-state index contributed by atoms with van der Waals surface area (Å²) in [6.45, 7) is 5.93. The molecule has 0 bridgehead atoms. The SMILES string of the molecule is COc1c(C(C)n2nc(Br)c3c(N)ncnc32)cc(Cl)c(C)c1C1CNC1.O=C(O)C(F)(F)F. The van der Waals surface area contributed by atoms with Crippen molar-refractivity contribution in [3.05, 3.63) is 38.7 Å². The van der Waals surface area contributed by atoms with Crippen LogP contribution in [0.5, 0.6) is 5.75 Å². The average molecular weight is 566 g/mol. The third-order valence-corrected chi connectivity index (χ3v) is 6.43. The largest absolute Gasteiger partial charge is 0.496 e. The van der Waals surface area contributed by atoms with Crippen LogP contribution in [-0.4, -0.2) is 57.2 Å². The van der Waals surface area contributed by atoms with Gasteiger partial charge in [-0.05, 0) is 41.4 Å². The number of anilines is 1. The molecule has 0 aliphatic carbocycles. The van der Waals surface area contributed by atoms with Crippen molar-refractivity contribution in [1.29, 1.82) is 0 Å². The topological polar surface area (TPSA) is 128 Å². The molecule has 0 radical (unpaired) electrons. The lowest BCUT2D eigenvalue weighted by molar-refractivity contribution is -0.192. The lowest BCUT2D eigenvalue weighted by Gasteiger charge is -2.32. The molecule has 1 aromatic carbocycles.